The molecular formula is C17H12Br2N2O3. The Hall–Kier alpha value is -2.17. The second-order valence-corrected chi connectivity index (χ2v) is 6.93. The van der Waals surface area contributed by atoms with Crippen molar-refractivity contribution in [2.24, 2.45) is 5.73 Å². The number of nitriles is 1. The van der Waals surface area contributed by atoms with Gasteiger partial charge in [-0.3, -0.25) is 0 Å². The van der Waals surface area contributed by atoms with E-state index in [1.165, 1.54) is 6.07 Å². The number of aromatic hydroxyl groups is 1. The summed E-state index contributed by atoms with van der Waals surface area (Å²) < 4.78 is 12.6. The zero-order valence-electron chi connectivity index (χ0n) is 12.5. The van der Waals surface area contributed by atoms with Gasteiger partial charge in [0.1, 0.15) is 28.9 Å². The lowest BCUT2D eigenvalue weighted by Crippen LogP contribution is -2.21. The molecule has 1 atom stereocenters. The third-order valence-electron chi connectivity index (χ3n) is 3.75. The first-order valence-corrected chi connectivity index (χ1v) is 8.48. The van der Waals surface area contributed by atoms with Crippen LogP contribution >= 0.6 is 31.9 Å². The molecule has 2 aromatic carbocycles. The van der Waals surface area contributed by atoms with Gasteiger partial charge in [0.2, 0.25) is 5.88 Å². The third-order valence-corrected chi connectivity index (χ3v) is 4.80. The average Bonchev–Trinajstić information content (AvgIpc) is 2.52. The number of nitrogens with zero attached hydrogens (tertiary/aromatic N) is 1. The Labute approximate surface area is 155 Å². The van der Waals surface area contributed by atoms with Gasteiger partial charge in [0, 0.05) is 21.7 Å². The third kappa shape index (κ3) is 2.72. The number of methoxy groups -OCH3 is 1. The molecule has 0 aromatic heterocycles. The summed E-state index contributed by atoms with van der Waals surface area (Å²) in [7, 11) is 1.56. The van der Waals surface area contributed by atoms with Gasteiger partial charge in [0.05, 0.1) is 17.5 Å². The van der Waals surface area contributed by atoms with Crippen LogP contribution in [0, 0.1) is 11.3 Å². The standard InChI is InChI=1S/C17H12Br2N2O3/c1-23-16-11(4-8(18)5-13(16)19)15-10-3-2-9(22)6-14(10)24-17(21)12(15)7-20/h2-6,15,22H,21H2,1H3. The molecule has 0 bridgehead atoms. The van der Waals surface area contributed by atoms with Crippen molar-refractivity contribution in [1.82, 2.24) is 0 Å². The number of fused-ring (bicyclic) bond motifs is 1. The number of phenolic OH excluding ortho intramolecular Hbond substituents is 1. The minimum Gasteiger partial charge on any atom is -0.508 e. The lowest BCUT2D eigenvalue weighted by molar-refractivity contribution is 0.382. The summed E-state index contributed by atoms with van der Waals surface area (Å²) in [6, 6.07) is 10.6. The number of hydrogen-bond acceptors (Lipinski definition) is 5. The van der Waals surface area contributed by atoms with Crippen molar-refractivity contribution in [2.75, 3.05) is 7.11 Å². The van der Waals surface area contributed by atoms with Crippen LogP contribution in [0.15, 0.2) is 50.7 Å². The molecule has 0 saturated heterocycles. The number of rotatable bonds is 2. The summed E-state index contributed by atoms with van der Waals surface area (Å²) in [6.45, 7) is 0. The fraction of sp³-hybridized carbons (Fsp3) is 0.118. The normalized spacial score (nSPS) is 16.2. The maximum atomic E-state index is 9.70. The molecule has 24 heavy (non-hydrogen) atoms. The minimum absolute atomic E-state index is 0.0127. The average molecular weight is 452 g/mol. The second kappa shape index (κ2) is 6.38. The zero-order chi connectivity index (χ0) is 17.4. The molecule has 0 radical (unpaired) electrons. The van der Waals surface area contributed by atoms with Crippen molar-refractivity contribution >= 4 is 31.9 Å². The zero-order valence-corrected chi connectivity index (χ0v) is 15.7. The Bertz CT molecular complexity index is 903. The first-order chi connectivity index (χ1) is 11.5. The quantitative estimate of drug-likeness (QED) is 0.716. The van der Waals surface area contributed by atoms with E-state index < -0.39 is 5.92 Å². The van der Waals surface area contributed by atoms with Crippen molar-refractivity contribution in [2.45, 2.75) is 5.92 Å². The van der Waals surface area contributed by atoms with Gasteiger partial charge in [-0.15, -0.1) is 0 Å². The van der Waals surface area contributed by atoms with E-state index in [1.807, 2.05) is 12.1 Å². The first-order valence-electron chi connectivity index (χ1n) is 6.89. The fourth-order valence-electron chi connectivity index (χ4n) is 2.77. The SMILES string of the molecule is COc1c(Br)cc(Br)cc1C1C(C#N)=C(N)Oc2cc(O)ccc21. The highest BCUT2D eigenvalue weighted by molar-refractivity contribution is 9.11. The van der Waals surface area contributed by atoms with Crippen molar-refractivity contribution in [3.63, 3.8) is 0 Å². The number of benzene rings is 2. The second-order valence-electron chi connectivity index (χ2n) is 5.16. The maximum absolute atomic E-state index is 9.70. The summed E-state index contributed by atoms with van der Waals surface area (Å²) >= 11 is 6.94. The highest BCUT2D eigenvalue weighted by Crippen LogP contribution is 2.48. The molecule has 7 heteroatoms. The number of ether oxygens (including phenoxy) is 2. The van der Waals surface area contributed by atoms with Crippen LogP contribution in [-0.2, 0) is 0 Å². The van der Waals surface area contributed by atoms with Crippen molar-refractivity contribution in [3.05, 3.63) is 61.9 Å². The molecule has 3 rings (SSSR count). The van der Waals surface area contributed by atoms with E-state index in [0.29, 0.717) is 11.5 Å². The monoisotopic (exact) mass is 450 g/mol. The minimum atomic E-state index is -0.469. The van der Waals surface area contributed by atoms with Gasteiger partial charge in [-0.1, -0.05) is 22.0 Å². The highest BCUT2D eigenvalue weighted by atomic mass is 79.9. The lowest BCUT2D eigenvalue weighted by Gasteiger charge is -2.28. The van der Waals surface area contributed by atoms with Crippen LogP contribution < -0.4 is 15.2 Å². The molecule has 1 aliphatic heterocycles. The van der Waals surface area contributed by atoms with Crippen LogP contribution in [0.1, 0.15) is 17.0 Å². The van der Waals surface area contributed by atoms with Gasteiger partial charge in [0.15, 0.2) is 0 Å². The largest absolute Gasteiger partial charge is 0.508 e. The molecule has 0 fully saturated rings. The van der Waals surface area contributed by atoms with Crippen LogP contribution in [0.4, 0.5) is 0 Å². The van der Waals surface area contributed by atoms with Crippen LogP contribution in [-0.4, -0.2) is 12.2 Å². The predicted molar refractivity (Wildman–Crippen MR) is 95.8 cm³/mol. The highest BCUT2D eigenvalue weighted by Gasteiger charge is 2.33. The molecule has 0 spiro atoms. The number of allylic oxidation sites excluding steroid dienone is 1. The Kier molecular flexibility index (Phi) is 4.43. The Morgan fingerprint density at radius 1 is 1.25 bits per heavy atom. The van der Waals surface area contributed by atoms with Crippen molar-refractivity contribution < 1.29 is 14.6 Å². The lowest BCUT2D eigenvalue weighted by atomic mass is 9.83. The smallest absolute Gasteiger partial charge is 0.205 e. The fourth-order valence-corrected chi connectivity index (χ4v) is 4.19. The molecule has 1 unspecified atom stereocenters. The molecule has 3 N–H and O–H groups in total. The molecule has 0 amide bonds. The molecular weight excluding hydrogens is 440 g/mol. The van der Waals surface area contributed by atoms with E-state index in [2.05, 4.69) is 37.9 Å². The van der Waals surface area contributed by atoms with Gasteiger partial charge in [-0.05, 0) is 34.1 Å². The first kappa shape index (κ1) is 16.7. The number of phenols is 1. The van der Waals surface area contributed by atoms with Crippen LogP contribution in [0.5, 0.6) is 17.2 Å². The Morgan fingerprint density at radius 2 is 2.00 bits per heavy atom. The van der Waals surface area contributed by atoms with Gasteiger partial charge in [-0.25, -0.2) is 0 Å². The molecule has 1 aliphatic rings. The predicted octanol–water partition coefficient (Wildman–Crippen LogP) is 4.14. The van der Waals surface area contributed by atoms with Gasteiger partial charge in [-0.2, -0.15) is 5.26 Å². The van der Waals surface area contributed by atoms with E-state index in [9.17, 15) is 10.4 Å². The van der Waals surface area contributed by atoms with Gasteiger partial charge in [0.25, 0.3) is 0 Å². The summed E-state index contributed by atoms with van der Waals surface area (Å²) in [5.41, 5.74) is 7.71. The molecule has 0 aliphatic carbocycles. The molecule has 0 saturated carbocycles. The maximum Gasteiger partial charge on any atom is 0.205 e. The summed E-state index contributed by atoms with van der Waals surface area (Å²) in [6.07, 6.45) is 0. The molecule has 1 heterocycles. The number of halogens is 2. The van der Waals surface area contributed by atoms with Crippen LogP contribution in [0.3, 0.4) is 0 Å². The molecule has 2 aromatic rings. The Morgan fingerprint density at radius 3 is 2.67 bits per heavy atom. The Balaban J connectivity index is 2.32. The van der Waals surface area contributed by atoms with E-state index in [-0.39, 0.29) is 17.2 Å². The summed E-state index contributed by atoms with van der Waals surface area (Å²) in [5, 5.41) is 19.3. The summed E-state index contributed by atoms with van der Waals surface area (Å²) in [4.78, 5) is 0. The van der Waals surface area contributed by atoms with Crippen LogP contribution in [0.25, 0.3) is 0 Å². The van der Waals surface area contributed by atoms with E-state index in [0.717, 1.165) is 20.1 Å². The van der Waals surface area contributed by atoms with Gasteiger partial charge < -0.3 is 20.3 Å². The number of hydrogen-bond donors (Lipinski definition) is 2. The van der Waals surface area contributed by atoms with Gasteiger partial charge >= 0.3 is 0 Å². The molecule has 5 nitrogen and oxygen atoms in total. The van der Waals surface area contributed by atoms with E-state index in [4.69, 9.17) is 15.2 Å². The van der Waals surface area contributed by atoms with Crippen LogP contribution in [0.2, 0.25) is 0 Å². The topological polar surface area (TPSA) is 88.5 Å². The summed E-state index contributed by atoms with van der Waals surface area (Å²) in [5.74, 6) is 0.615. The van der Waals surface area contributed by atoms with Crippen molar-refractivity contribution in [3.8, 4) is 23.3 Å². The van der Waals surface area contributed by atoms with E-state index in [1.54, 1.807) is 19.2 Å². The molecule has 122 valence electrons. The van der Waals surface area contributed by atoms with Crippen molar-refractivity contribution in [1.29, 1.82) is 5.26 Å². The number of nitrogens with two attached hydrogens (primary N) is 1. The van der Waals surface area contributed by atoms with E-state index >= 15 is 0 Å².